The van der Waals surface area contributed by atoms with Crippen molar-refractivity contribution in [3.05, 3.63) is 167 Å². The molecule has 0 heterocycles. The Morgan fingerprint density at radius 1 is 0.413 bits per heavy atom. The average Bonchev–Trinajstić information content (AvgIpc) is 3.06. The average molecular weight is 627 g/mol. The number of alkyl halides is 6. The predicted octanol–water partition coefficient (Wildman–Crippen LogP) is 11.9. The lowest BCUT2D eigenvalue weighted by Gasteiger charge is -2.20. The van der Waals surface area contributed by atoms with Crippen LogP contribution in [0.4, 0.5) is 26.3 Å². The molecule has 0 amide bonds. The molecule has 0 aromatic heterocycles. The molecule has 46 heavy (non-hydrogen) atoms. The SMILES string of the molecule is C=Cc1ccc(CCc2ccc(-c3cc(-c4ccc(CCc5ccc(C=C)cc5)cc4)c(C(F)(F)F)cc3C(F)(F)F)cc2)cc1. The Kier molecular flexibility index (Phi) is 9.66. The highest BCUT2D eigenvalue weighted by Crippen LogP contribution is 2.45. The summed E-state index contributed by atoms with van der Waals surface area (Å²) in [5, 5.41) is 0. The van der Waals surface area contributed by atoms with Gasteiger partial charge in [-0.2, -0.15) is 26.3 Å². The molecule has 5 aromatic carbocycles. The summed E-state index contributed by atoms with van der Waals surface area (Å²) in [6.45, 7) is 7.49. The van der Waals surface area contributed by atoms with Crippen LogP contribution in [0, 0.1) is 0 Å². The lowest BCUT2D eigenvalue weighted by molar-refractivity contribution is -0.142. The van der Waals surface area contributed by atoms with E-state index in [1.807, 2.05) is 48.5 Å². The molecule has 0 fully saturated rings. The van der Waals surface area contributed by atoms with E-state index < -0.39 is 23.5 Å². The Bertz CT molecular complexity index is 1660. The van der Waals surface area contributed by atoms with Gasteiger partial charge >= 0.3 is 12.4 Å². The number of halogens is 6. The van der Waals surface area contributed by atoms with Crippen LogP contribution in [0.5, 0.6) is 0 Å². The van der Waals surface area contributed by atoms with Gasteiger partial charge in [0.05, 0.1) is 11.1 Å². The van der Waals surface area contributed by atoms with Gasteiger partial charge in [0.1, 0.15) is 0 Å². The number of aryl methyl sites for hydroxylation is 4. The van der Waals surface area contributed by atoms with E-state index in [4.69, 9.17) is 0 Å². The van der Waals surface area contributed by atoms with Crippen molar-refractivity contribution in [3.8, 4) is 22.3 Å². The molecule has 5 aromatic rings. The molecule has 234 valence electrons. The van der Waals surface area contributed by atoms with Crippen LogP contribution in [0.2, 0.25) is 0 Å². The Morgan fingerprint density at radius 2 is 0.696 bits per heavy atom. The molecule has 0 N–H and O–H groups in total. The van der Waals surface area contributed by atoms with Crippen molar-refractivity contribution in [2.75, 3.05) is 0 Å². The van der Waals surface area contributed by atoms with E-state index in [1.165, 1.54) is 0 Å². The number of hydrogen-bond donors (Lipinski definition) is 0. The summed E-state index contributed by atoms with van der Waals surface area (Å²) >= 11 is 0. The van der Waals surface area contributed by atoms with Crippen molar-refractivity contribution in [1.29, 1.82) is 0 Å². The van der Waals surface area contributed by atoms with E-state index in [0.29, 0.717) is 12.8 Å². The molecule has 0 aliphatic rings. The summed E-state index contributed by atoms with van der Waals surface area (Å²) in [5.74, 6) is 0. The van der Waals surface area contributed by atoms with Gasteiger partial charge in [-0.25, -0.2) is 0 Å². The fourth-order valence-corrected chi connectivity index (χ4v) is 5.47. The molecule has 5 rings (SSSR count). The van der Waals surface area contributed by atoms with Gasteiger partial charge in [-0.1, -0.05) is 122 Å². The molecule has 0 aliphatic heterocycles. The Labute approximate surface area is 265 Å². The Hall–Kier alpha value is -4.84. The van der Waals surface area contributed by atoms with Crippen LogP contribution >= 0.6 is 0 Å². The minimum Gasteiger partial charge on any atom is -0.166 e. The van der Waals surface area contributed by atoms with Crippen LogP contribution in [0.3, 0.4) is 0 Å². The zero-order valence-corrected chi connectivity index (χ0v) is 25.1. The van der Waals surface area contributed by atoms with Gasteiger partial charge in [0.25, 0.3) is 0 Å². The van der Waals surface area contributed by atoms with Crippen LogP contribution in [-0.4, -0.2) is 0 Å². The Morgan fingerprint density at radius 3 is 0.957 bits per heavy atom. The van der Waals surface area contributed by atoms with E-state index in [1.54, 1.807) is 60.7 Å². The van der Waals surface area contributed by atoms with Crippen molar-refractivity contribution in [2.45, 2.75) is 38.0 Å². The number of benzene rings is 5. The second kappa shape index (κ2) is 13.7. The number of hydrogen-bond acceptors (Lipinski definition) is 0. The maximum atomic E-state index is 14.2. The van der Waals surface area contributed by atoms with Gasteiger partial charge in [0, 0.05) is 0 Å². The second-order valence-electron chi connectivity index (χ2n) is 11.2. The van der Waals surface area contributed by atoms with Crippen molar-refractivity contribution in [2.24, 2.45) is 0 Å². The summed E-state index contributed by atoms with van der Waals surface area (Å²) in [6.07, 6.45) is -3.69. The van der Waals surface area contributed by atoms with Crippen LogP contribution in [0.15, 0.2) is 122 Å². The predicted molar refractivity (Wildman–Crippen MR) is 175 cm³/mol. The molecule has 0 bridgehead atoms. The van der Waals surface area contributed by atoms with Crippen molar-refractivity contribution >= 4 is 12.2 Å². The quantitative estimate of drug-likeness (QED) is 0.135. The molecule has 0 atom stereocenters. The summed E-state index contributed by atoms with van der Waals surface area (Å²) in [7, 11) is 0. The third-order valence-electron chi connectivity index (χ3n) is 8.13. The first-order valence-corrected chi connectivity index (χ1v) is 14.9. The zero-order valence-electron chi connectivity index (χ0n) is 25.1. The highest BCUT2D eigenvalue weighted by atomic mass is 19.4. The fourth-order valence-electron chi connectivity index (χ4n) is 5.47. The first-order valence-electron chi connectivity index (χ1n) is 14.9. The molecule has 0 aliphatic carbocycles. The van der Waals surface area contributed by atoms with E-state index in [9.17, 15) is 26.3 Å². The molecule has 0 saturated heterocycles. The smallest absolute Gasteiger partial charge is 0.166 e. The molecule has 6 heteroatoms. The van der Waals surface area contributed by atoms with Crippen molar-refractivity contribution in [1.82, 2.24) is 0 Å². The zero-order chi connectivity index (χ0) is 32.9. The third-order valence-corrected chi connectivity index (χ3v) is 8.13. The van der Waals surface area contributed by atoms with Gasteiger partial charge < -0.3 is 0 Å². The highest BCUT2D eigenvalue weighted by Gasteiger charge is 2.40. The van der Waals surface area contributed by atoms with Gasteiger partial charge in [-0.3, -0.25) is 0 Å². The molecule has 0 unspecified atom stereocenters. The molecular formula is C40H32F6. The topological polar surface area (TPSA) is 0 Å². The minimum atomic E-state index is -4.99. The summed E-state index contributed by atoms with van der Waals surface area (Å²) in [4.78, 5) is 0. The van der Waals surface area contributed by atoms with E-state index >= 15 is 0 Å². The normalized spacial score (nSPS) is 11.8. The van der Waals surface area contributed by atoms with Crippen LogP contribution in [0.25, 0.3) is 34.4 Å². The minimum absolute atomic E-state index is 0.195. The standard InChI is InChI=1S/C40H32F6/c1-3-27-5-9-29(10-6-27)13-15-31-17-21-33(22-18-31)35-25-36(38(40(44,45)46)26-37(35)39(41,42)43)34-23-19-32(20-24-34)16-14-30-11-7-28(4-2)8-12-30/h3-12,17-26H,1-2,13-16H2. The monoisotopic (exact) mass is 626 g/mol. The van der Waals surface area contributed by atoms with Crippen LogP contribution in [-0.2, 0) is 38.0 Å². The maximum absolute atomic E-state index is 14.2. The first kappa shape index (κ1) is 32.6. The van der Waals surface area contributed by atoms with Gasteiger partial charge in [0.15, 0.2) is 0 Å². The first-order chi connectivity index (χ1) is 21.9. The highest BCUT2D eigenvalue weighted by molar-refractivity contribution is 5.79. The summed E-state index contributed by atoms with van der Waals surface area (Å²) in [5.41, 5.74) is 3.19. The van der Waals surface area contributed by atoms with E-state index in [-0.39, 0.29) is 28.3 Å². The van der Waals surface area contributed by atoms with Crippen LogP contribution in [0.1, 0.15) is 44.5 Å². The lowest BCUT2D eigenvalue weighted by Crippen LogP contribution is -2.14. The summed E-state index contributed by atoms with van der Waals surface area (Å²) < 4.78 is 85.3. The molecule has 0 saturated carbocycles. The second-order valence-corrected chi connectivity index (χ2v) is 11.2. The molecule has 0 nitrogen and oxygen atoms in total. The van der Waals surface area contributed by atoms with Gasteiger partial charge in [-0.05, 0) is 93.5 Å². The summed E-state index contributed by atoms with van der Waals surface area (Å²) in [6, 6.07) is 30.2. The van der Waals surface area contributed by atoms with E-state index in [0.717, 1.165) is 52.3 Å². The Balaban J connectivity index is 1.43. The molecular weight excluding hydrogens is 594 g/mol. The van der Waals surface area contributed by atoms with Crippen molar-refractivity contribution in [3.63, 3.8) is 0 Å². The van der Waals surface area contributed by atoms with Gasteiger partial charge in [0.2, 0.25) is 0 Å². The van der Waals surface area contributed by atoms with Crippen molar-refractivity contribution < 1.29 is 26.3 Å². The molecule has 0 spiro atoms. The van der Waals surface area contributed by atoms with E-state index in [2.05, 4.69) is 13.2 Å². The fraction of sp³-hybridized carbons (Fsp3) is 0.150. The third kappa shape index (κ3) is 7.86. The maximum Gasteiger partial charge on any atom is 0.417 e. The van der Waals surface area contributed by atoms with Crippen LogP contribution < -0.4 is 0 Å². The number of rotatable bonds is 10. The molecule has 0 radical (unpaired) electrons. The largest absolute Gasteiger partial charge is 0.417 e. The van der Waals surface area contributed by atoms with Gasteiger partial charge in [-0.15, -0.1) is 0 Å². The lowest BCUT2D eigenvalue weighted by atomic mass is 9.89.